The van der Waals surface area contributed by atoms with Crippen molar-refractivity contribution in [3.05, 3.63) is 77.9 Å². The summed E-state index contributed by atoms with van der Waals surface area (Å²) >= 11 is 0. The Morgan fingerprint density at radius 3 is 1.62 bits per heavy atom. The van der Waals surface area contributed by atoms with E-state index in [4.69, 9.17) is 0 Å². The van der Waals surface area contributed by atoms with Gasteiger partial charge in [-0.15, -0.1) is 0 Å². The van der Waals surface area contributed by atoms with Crippen molar-refractivity contribution in [2.45, 2.75) is 12.4 Å². The van der Waals surface area contributed by atoms with E-state index in [1.165, 1.54) is 18.2 Å². The summed E-state index contributed by atoms with van der Waals surface area (Å²) in [5.41, 5.74) is -1.42. The van der Waals surface area contributed by atoms with E-state index in [2.05, 4.69) is 0 Å². The average molecular weight is 466 g/mol. The van der Waals surface area contributed by atoms with Crippen molar-refractivity contribution < 1.29 is 30.9 Å². The van der Waals surface area contributed by atoms with Gasteiger partial charge in [0.2, 0.25) is 0 Å². The van der Waals surface area contributed by atoms with Crippen molar-refractivity contribution in [3.8, 4) is 11.1 Å². The minimum Gasteiger partial charge on any atom is -0.319 e. The zero-order valence-corrected chi connectivity index (χ0v) is 17.9. The molecule has 0 unspecified atom stereocenters. The molecule has 0 aliphatic heterocycles. The molecule has 4 aromatic carbocycles. The fourth-order valence-corrected chi connectivity index (χ4v) is 4.88. The molecule has 1 nitrogen and oxygen atoms in total. The van der Waals surface area contributed by atoms with E-state index in [1.807, 2.05) is 0 Å². The van der Waals surface area contributed by atoms with E-state index in [-0.39, 0.29) is 0 Å². The molecule has 0 aromatic heterocycles. The summed E-state index contributed by atoms with van der Waals surface area (Å²) in [6.07, 6.45) is -9.72. The summed E-state index contributed by atoms with van der Waals surface area (Å²) < 4.78 is 96.7. The molecule has 0 saturated heterocycles. The van der Waals surface area contributed by atoms with Crippen LogP contribution in [0.25, 0.3) is 32.7 Å². The Labute approximate surface area is 180 Å². The summed E-state index contributed by atoms with van der Waals surface area (Å²) in [6.45, 7) is 3.13. The third kappa shape index (κ3) is 3.90. The highest BCUT2D eigenvalue weighted by Gasteiger charge is 2.41. The SMILES string of the molecule is CP(C)(=O)c1cccc(-c2ccc3c(C(F)(F)F)c4ccccc4c(C(F)(F)F)c3c2)c1. The largest absolute Gasteiger partial charge is 0.417 e. The zero-order chi connectivity index (χ0) is 23.5. The van der Waals surface area contributed by atoms with Crippen LogP contribution in [0, 0.1) is 0 Å². The van der Waals surface area contributed by atoms with Gasteiger partial charge in [0.1, 0.15) is 7.14 Å². The van der Waals surface area contributed by atoms with Gasteiger partial charge in [0.15, 0.2) is 0 Å². The maximum atomic E-state index is 14.1. The van der Waals surface area contributed by atoms with Crippen LogP contribution in [-0.2, 0) is 16.9 Å². The van der Waals surface area contributed by atoms with Gasteiger partial charge in [-0.3, -0.25) is 0 Å². The first kappa shape index (κ1) is 22.4. The Hall–Kier alpha value is -2.79. The van der Waals surface area contributed by atoms with Crippen molar-refractivity contribution in [2.24, 2.45) is 0 Å². The monoisotopic (exact) mass is 466 g/mol. The summed E-state index contributed by atoms with van der Waals surface area (Å²) in [7, 11) is -2.64. The van der Waals surface area contributed by atoms with Crippen LogP contribution in [0.1, 0.15) is 11.1 Å². The second kappa shape index (κ2) is 7.38. The minimum absolute atomic E-state index is 0.307. The third-order valence-electron chi connectivity index (χ3n) is 5.39. The molecule has 0 bridgehead atoms. The van der Waals surface area contributed by atoms with Gasteiger partial charge in [0, 0.05) is 5.30 Å². The number of fused-ring (bicyclic) bond motifs is 2. The lowest BCUT2D eigenvalue weighted by molar-refractivity contribution is -0.137. The smallest absolute Gasteiger partial charge is 0.319 e. The highest BCUT2D eigenvalue weighted by Crippen LogP contribution is 2.47. The van der Waals surface area contributed by atoms with Gasteiger partial charge in [0.05, 0.1) is 11.1 Å². The maximum Gasteiger partial charge on any atom is 0.417 e. The standard InChI is InChI=1S/C24H17F6OP/c1-32(2,31)16-7-5-6-14(12-16)15-10-11-19-20(13-15)22(24(28,29)30)18-9-4-3-8-17(18)21(19)23(25,26)27/h3-13H,1-2H3. The van der Waals surface area contributed by atoms with Crippen LogP contribution in [-0.4, -0.2) is 13.3 Å². The van der Waals surface area contributed by atoms with Gasteiger partial charge in [0.25, 0.3) is 0 Å². The van der Waals surface area contributed by atoms with Gasteiger partial charge >= 0.3 is 12.4 Å². The highest BCUT2D eigenvalue weighted by atomic mass is 31.2. The fraction of sp³-hybridized carbons (Fsp3) is 0.167. The molecule has 0 atom stereocenters. The average Bonchev–Trinajstić information content (AvgIpc) is 2.69. The molecular formula is C24H17F6OP. The molecule has 0 aliphatic carbocycles. The first-order chi connectivity index (χ1) is 14.8. The summed E-state index contributed by atoms with van der Waals surface area (Å²) in [4.78, 5) is 0. The molecule has 0 amide bonds. The van der Waals surface area contributed by atoms with Crippen LogP contribution in [0.15, 0.2) is 66.7 Å². The topological polar surface area (TPSA) is 17.1 Å². The van der Waals surface area contributed by atoms with Crippen molar-refractivity contribution in [1.29, 1.82) is 0 Å². The van der Waals surface area contributed by atoms with Gasteiger partial charge in [-0.1, -0.05) is 54.6 Å². The van der Waals surface area contributed by atoms with Crippen molar-refractivity contribution in [2.75, 3.05) is 13.3 Å². The van der Waals surface area contributed by atoms with Crippen LogP contribution < -0.4 is 5.30 Å². The lowest BCUT2D eigenvalue weighted by Crippen LogP contribution is -2.12. The highest BCUT2D eigenvalue weighted by molar-refractivity contribution is 7.70. The summed E-state index contributed by atoms with van der Waals surface area (Å²) in [6, 6.07) is 14.8. The zero-order valence-electron chi connectivity index (χ0n) is 17.0. The number of benzene rings is 4. The Balaban J connectivity index is 2.14. The van der Waals surface area contributed by atoms with Crippen LogP contribution >= 0.6 is 7.14 Å². The van der Waals surface area contributed by atoms with Crippen LogP contribution in [0.2, 0.25) is 0 Å². The van der Waals surface area contributed by atoms with Gasteiger partial charge in [-0.25, -0.2) is 0 Å². The Morgan fingerprint density at radius 1 is 0.594 bits per heavy atom. The van der Waals surface area contributed by atoms with Crippen molar-refractivity contribution in [3.63, 3.8) is 0 Å². The molecule has 0 heterocycles. The van der Waals surface area contributed by atoms with Crippen molar-refractivity contribution >= 4 is 34.0 Å². The van der Waals surface area contributed by atoms with Gasteiger partial charge in [-0.05, 0) is 58.1 Å². The molecule has 4 rings (SSSR count). The lowest BCUT2D eigenvalue weighted by atomic mass is 9.89. The second-order valence-corrected chi connectivity index (χ2v) is 11.2. The van der Waals surface area contributed by atoms with Gasteiger partial charge in [-0.2, -0.15) is 26.3 Å². The van der Waals surface area contributed by atoms with Crippen molar-refractivity contribution in [1.82, 2.24) is 0 Å². The van der Waals surface area contributed by atoms with E-state index >= 15 is 0 Å². The molecule has 8 heteroatoms. The Kier molecular flexibility index (Phi) is 5.17. The summed E-state index contributed by atoms with van der Waals surface area (Å²) in [5, 5.41) is -1.51. The van der Waals surface area contributed by atoms with Crippen LogP contribution in [0.3, 0.4) is 0 Å². The fourth-order valence-electron chi connectivity index (χ4n) is 3.99. The van der Waals surface area contributed by atoms with Gasteiger partial charge < -0.3 is 4.57 Å². The number of hydrogen-bond donors (Lipinski definition) is 0. The first-order valence-corrected chi connectivity index (χ1v) is 12.2. The van der Waals surface area contributed by atoms with E-state index in [9.17, 15) is 30.9 Å². The molecule has 0 aliphatic rings. The van der Waals surface area contributed by atoms with Crippen LogP contribution in [0.5, 0.6) is 0 Å². The predicted octanol–water partition coefficient (Wildman–Crippen LogP) is 7.95. The summed E-state index contributed by atoms with van der Waals surface area (Å²) in [5.74, 6) is 0. The Morgan fingerprint density at radius 2 is 1.09 bits per heavy atom. The normalized spacial score (nSPS) is 13.1. The first-order valence-electron chi connectivity index (χ1n) is 9.57. The molecule has 32 heavy (non-hydrogen) atoms. The quantitative estimate of drug-likeness (QED) is 0.167. The number of rotatable bonds is 2. The molecule has 4 aromatic rings. The second-order valence-electron chi connectivity index (χ2n) is 7.95. The number of hydrogen-bond acceptors (Lipinski definition) is 1. The van der Waals surface area contributed by atoms with E-state index in [0.29, 0.717) is 16.4 Å². The predicted molar refractivity (Wildman–Crippen MR) is 116 cm³/mol. The minimum atomic E-state index is -4.87. The number of halogens is 6. The molecule has 0 N–H and O–H groups in total. The molecule has 166 valence electrons. The molecule has 0 fully saturated rings. The Bertz CT molecular complexity index is 1400. The van der Waals surface area contributed by atoms with E-state index in [1.54, 1.807) is 37.6 Å². The third-order valence-corrected chi connectivity index (χ3v) is 6.91. The maximum absolute atomic E-state index is 14.1. The van der Waals surface area contributed by atoms with Crippen LogP contribution in [0.4, 0.5) is 26.3 Å². The van der Waals surface area contributed by atoms with E-state index < -0.39 is 52.2 Å². The molecule has 0 radical (unpaired) electrons. The van der Waals surface area contributed by atoms with E-state index in [0.717, 1.165) is 24.3 Å². The molecule has 0 saturated carbocycles. The lowest BCUT2D eigenvalue weighted by Gasteiger charge is -2.20. The number of alkyl halides is 6. The molecular weight excluding hydrogens is 449 g/mol. The molecule has 0 spiro atoms.